The predicted octanol–water partition coefficient (Wildman–Crippen LogP) is 5.71. The van der Waals surface area contributed by atoms with E-state index in [1.54, 1.807) is 12.4 Å². The molecule has 2 heteroatoms. The van der Waals surface area contributed by atoms with E-state index in [4.69, 9.17) is 0 Å². The van der Waals surface area contributed by atoms with E-state index >= 15 is 0 Å². The third-order valence-electron chi connectivity index (χ3n) is 2.25. The molecule has 138 valence electrons. The van der Waals surface area contributed by atoms with Crippen molar-refractivity contribution in [3.63, 3.8) is 0 Å². The molecular formula is C22H40N2. The summed E-state index contributed by atoms with van der Waals surface area (Å²) in [5.74, 6) is 0. The lowest BCUT2D eigenvalue weighted by molar-refractivity contribution is 1.05. The Morgan fingerprint density at radius 1 is 0.583 bits per heavy atom. The number of aryl methyl sites for hydroxylation is 2. The van der Waals surface area contributed by atoms with Crippen molar-refractivity contribution < 1.29 is 0 Å². The topological polar surface area (TPSA) is 25.8 Å². The highest BCUT2D eigenvalue weighted by molar-refractivity contribution is 5.15. The first kappa shape index (κ1) is 30.0. The number of hydrogen-bond donors (Lipinski definition) is 0. The van der Waals surface area contributed by atoms with Gasteiger partial charge in [0.25, 0.3) is 0 Å². The fourth-order valence-electron chi connectivity index (χ4n) is 1.03. The van der Waals surface area contributed by atoms with Gasteiger partial charge in [-0.1, -0.05) is 92.8 Å². The maximum absolute atomic E-state index is 4.02. The zero-order valence-corrected chi connectivity index (χ0v) is 17.8. The van der Waals surface area contributed by atoms with E-state index in [9.17, 15) is 0 Å². The lowest BCUT2D eigenvalue weighted by atomic mass is 10.3. The van der Waals surface area contributed by atoms with Crippen molar-refractivity contribution in [1.29, 1.82) is 0 Å². The SMILES string of the molecule is C=c1ccccc1=C.CC.CC.CC.CC.Cc1nccnc1C. The second kappa shape index (κ2) is 26.0. The minimum Gasteiger partial charge on any atom is -0.258 e. The summed E-state index contributed by atoms with van der Waals surface area (Å²) in [5.41, 5.74) is 2.01. The Bertz CT molecular complexity index is 498. The minimum atomic E-state index is 1.01. The smallest absolute Gasteiger partial charge is 0.0584 e. The molecule has 1 heterocycles. The summed E-state index contributed by atoms with van der Waals surface area (Å²) in [4.78, 5) is 8.03. The molecule has 1 aromatic carbocycles. The Balaban J connectivity index is -0.000000118. The van der Waals surface area contributed by atoms with Gasteiger partial charge in [-0.2, -0.15) is 0 Å². The van der Waals surface area contributed by atoms with Crippen LogP contribution in [0.2, 0.25) is 0 Å². The van der Waals surface area contributed by atoms with Crippen LogP contribution < -0.4 is 10.4 Å². The van der Waals surface area contributed by atoms with E-state index < -0.39 is 0 Å². The molecule has 2 rings (SSSR count). The van der Waals surface area contributed by atoms with Gasteiger partial charge in [-0.25, -0.2) is 0 Å². The van der Waals surface area contributed by atoms with E-state index in [-0.39, 0.29) is 0 Å². The van der Waals surface area contributed by atoms with Crippen LogP contribution >= 0.6 is 0 Å². The summed E-state index contributed by atoms with van der Waals surface area (Å²) in [6, 6.07) is 7.80. The first-order valence-corrected chi connectivity index (χ1v) is 9.08. The highest BCUT2D eigenvalue weighted by atomic mass is 14.8. The van der Waals surface area contributed by atoms with Crippen LogP contribution in [0.1, 0.15) is 66.8 Å². The molecule has 0 N–H and O–H groups in total. The van der Waals surface area contributed by atoms with E-state index in [2.05, 4.69) is 23.1 Å². The van der Waals surface area contributed by atoms with E-state index in [1.165, 1.54) is 0 Å². The Labute approximate surface area is 151 Å². The molecule has 0 aliphatic carbocycles. The fourth-order valence-corrected chi connectivity index (χ4v) is 1.03. The van der Waals surface area contributed by atoms with Gasteiger partial charge in [0.1, 0.15) is 0 Å². The number of rotatable bonds is 0. The summed E-state index contributed by atoms with van der Waals surface area (Å²) < 4.78 is 0. The second-order valence-corrected chi connectivity index (χ2v) is 3.50. The summed E-state index contributed by atoms with van der Waals surface area (Å²) in [7, 11) is 0. The molecule has 2 nitrogen and oxygen atoms in total. The number of aromatic nitrogens is 2. The summed E-state index contributed by atoms with van der Waals surface area (Å²) >= 11 is 0. The fraction of sp³-hybridized carbons (Fsp3) is 0.455. The molecule has 0 unspecified atom stereocenters. The first-order valence-electron chi connectivity index (χ1n) is 9.08. The number of benzene rings is 1. The highest BCUT2D eigenvalue weighted by Crippen LogP contribution is 1.93. The summed E-state index contributed by atoms with van der Waals surface area (Å²) in [6.45, 7) is 27.4. The quantitative estimate of drug-likeness (QED) is 0.618. The van der Waals surface area contributed by atoms with Crippen LogP contribution in [0.5, 0.6) is 0 Å². The third kappa shape index (κ3) is 18.1. The number of nitrogens with zero attached hydrogens (tertiary/aromatic N) is 2. The molecule has 0 aliphatic rings. The number of hydrogen-bond acceptors (Lipinski definition) is 2. The van der Waals surface area contributed by atoms with Gasteiger partial charge in [0.15, 0.2) is 0 Å². The molecule has 0 saturated carbocycles. The maximum Gasteiger partial charge on any atom is 0.0584 e. The molecule has 0 bridgehead atoms. The van der Waals surface area contributed by atoms with Crippen molar-refractivity contribution in [3.8, 4) is 0 Å². The van der Waals surface area contributed by atoms with Gasteiger partial charge in [0, 0.05) is 12.4 Å². The molecule has 0 radical (unpaired) electrons. The molecule has 0 aliphatic heterocycles. The molecule has 0 atom stereocenters. The van der Waals surface area contributed by atoms with Gasteiger partial charge in [-0.15, -0.1) is 0 Å². The molecule has 1 aromatic heterocycles. The van der Waals surface area contributed by atoms with Crippen LogP contribution in [0.4, 0.5) is 0 Å². The van der Waals surface area contributed by atoms with Crippen molar-refractivity contribution in [1.82, 2.24) is 9.97 Å². The van der Waals surface area contributed by atoms with Crippen molar-refractivity contribution in [2.45, 2.75) is 69.2 Å². The molecule has 0 spiro atoms. The molecule has 0 amide bonds. The second-order valence-electron chi connectivity index (χ2n) is 3.50. The van der Waals surface area contributed by atoms with Crippen molar-refractivity contribution in [2.75, 3.05) is 0 Å². The van der Waals surface area contributed by atoms with Gasteiger partial charge in [0.05, 0.1) is 11.4 Å². The van der Waals surface area contributed by atoms with E-state index in [1.807, 2.05) is 93.5 Å². The minimum absolute atomic E-state index is 1.01. The van der Waals surface area contributed by atoms with Crippen LogP contribution in [0.25, 0.3) is 13.2 Å². The lowest BCUT2D eigenvalue weighted by Gasteiger charge is -1.91. The normalized spacial score (nSPS) is 7.08. The van der Waals surface area contributed by atoms with Gasteiger partial charge >= 0.3 is 0 Å². The average Bonchev–Trinajstić information content (AvgIpc) is 2.67. The van der Waals surface area contributed by atoms with Gasteiger partial charge in [-0.05, 0) is 24.3 Å². The van der Waals surface area contributed by atoms with Crippen molar-refractivity contribution >= 4 is 13.2 Å². The first-order chi connectivity index (χ1) is 11.6. The zero-order valence-electron chi connectivity index (χ0n) is 17.8. The largest absolute Gasteiger partial charge is 0.258 e. The molecular weight excluding hydrogens is 292 g/mol. The summed E-state index contributed by atoms with van der Waals surface area (Å²) in [5, 5.41) is 2.01. The molecule has 24 heavy (non-hydrogen) atoms. The van der Waals surface area contributed by atoms with Gasteiger partial charge in [-0.3, -0.25) is 9.97 Å². The average molecular weight is 333 g/mol. The molecule has 0 saturated heterocycles. The molecule has 0 fully saturated rings. The van der Waals surface area contributed by atoms with Crippen LogP contribution in [0.15, 0.2) is 36.7 Å². The van der Waals surface area contributed by atoms with Gasteiger partial charge in [0.2, 0.25) is 0 Å². The van der Waals surface area contributed by atoms with E-state index in [0.717, 1.165) is 21.8 Å². The Morgan fingerprint density at radius 2 is 0.833 bits per heavy atom. The predicted molar refractivity (Wildman–Crippen MR) is 114 cm³/mol. The van der Waals surface area contributed by atoms with Crippen LogP contribution in [0.3, 0.4) is 0 Å². The Morgan fingerprint density at radius 3 is 1.00 bits per heavy atom. The van der Waals surface area contributed by atoms with Crippen LogP contribution in [-0.2, 0) is 0 Å². The standard InChI is InChI=1S/C8H8.C6H8N2.4C2H6/c1-7-5-3-4-6-8(7)2;1-5-6(2)8-4-3-7-5;4*1-2/h3-6H,1-2H2;3-4H,1-2H3;4*1-2H3. The zero-order chi connectivity index (χ0) is 20.0. The van der Waals surface area contributed by atoms with Crippen molar-refractivity contribution in [3.05, 3.63) is 58.5 Å². The molecule has 2 aromatic rings. The van der Waals surface area contributed by atoms with Crippen LogP contribution in [0, 0.1) is 13.8 Å². The van der Waals surface area contributed by atoms with E-state index in [0.29, 0.717) is 0 Å². The van der Waals surface area contributed by atoms with Crippen LogP contribution in [-0.4, -0.2) is 9.97 Å². The third-order valence-corrected chi connectivity index (χ3v) is 2.25. The van der Waals surface area contributed by atoms with Gasteiger partial charge < -0.3 is 0 Å². The highest BCUT2D eigenvalue weighted by Gasteiger charge is 1.87. The Hall–Kier alpha value is -1.96. The Kier molecular flexibility index (Phi) is 32.4. The maximum atomic E-state index is 4.02. The lowest BCUT2D eigenvalue weighted by Crippen LogP contribution is -2.19. The van der Waals surface area contributed by atoms with Crippen molar-refractivity contribution in [2.24, 2.45) is 0 Å². The summed E-state index contributed by atoms with van der Waals surface area (Å²) in [6.07, 6.45) is 3.39. The monoisotopic (exact) mass is 332 g/mol.